The van der Waals surface area contributed by atoms with Gasteiger partial charge in [0.15, 0.2) is 0 Å². The zero-order chi connectivity index (χ0) is 20.9. The maximum atomic E-state index is 13.3. The van der Waals surface area contributed by atoms with Crippen molar-refractivity contribution in [2.24, 2.45) is 5.73 Å². The number of nitrogens with zero attached hydrogens (tertiary/aromatic N) is 1. The van der Waals surface area contributed by atoms with Crippen LogP contribution in [0.5, 0.6) is 0 Å². The standard InChI is InChI=1S/C18H19F2N3O4S/c1-2-23(28(26,27)16-10-13(19)9-14(20)11-16)8-7-17(24)22-15-5-3-12(4-6-15)18(21)25/h3-6,9-11H,2,7-8H2,1H3,(H2,21,25)(H,22,24). The van der Waals surface area contributed by atoms with E-state index in [-0.39, 0.29) is 25.1 Å². The van der Waals surface area contributed by atoms with Gasteiger partial charge in [0.1, 0.15) is 11.6 Å². The summed E-state index contributed by atoms with van der Waals surface area (Å²) < 4.78 is 52.8. The Morgan fingerprint density at radius 3 is 2.14 bits per heavy atom. The Labute approximate surface area is 161 Å². The molecule has 2 aromatic carbocycles. The first-order chi connectivity index (χ1) is 13.1. The molecule has 2 rings (SSSR count). The van der Waals surface area contributed by atoms with Gasteiger partial charge in [-0.1, -0.05) is 6.92 Å². The molecule has 2 aromatic rings. The minimum Gasteiger partial charge on any atom is -0.366 e. The van der Waals surface area contributed by atoms with Gasteiger partial charge in [0, 0.05) is 36.8 Å². The molecule has 10 heteroatoms. The number of anilines is 1. The molecule has 0 radical (unpaired) electrons. The fraction of sp³-hybridized carbons (Fsp3) is 0.222. The van der Waals surface area contributed by atoms with Crippen molar-refractivity contribution in [2.45, 2.75) is 18.2 Å². The van der Waals surface area contributed by atoms with Gasteiger partial charge in [0.2, 0.25) is 21.8 Å². The third kappa shape index (κ3) is 5.33. The summed E-state index contributed by atoms with van der Waals surface area (Å²) in [6.45, 7) is 1.39. The van der Waals surface area contributed by atoms with E-state index in [4.69, 9.17) is 5.73 Å². The van der Waals surface area contributed by atoms with Crippen LogP contribution in [0.2, 0.25) is 0 Å². The molecule has 3 N–H and O–H groups in total. The second kappa shape index (κ2) is 8.89. The number of hydrogen-bond acceptors (Lipinski definition) is 4. The smallest absolute Gasteiger partial charge is 0.248 e. The topological polar surface area (TPSA) is 110 Å². The van der Waals surface area contributed by atoms with E-state index in [0.717, 1.165) is 16.4 Å². The van der Waals surface area contributed by atoms with Crippen LogP contribution in [-0.4, -0.2) is 37.6 Å². The van der Waals surface area contributed by atoms with E-state index in [1.165, 1.54) is 24.3 Å². The highest BCUT2D eigenvalue weighted by molar-refractivity contribution is 7.89. The van der Waals surface area contributed by atoms with Gasteiger partial charge in [-0.05, 0) is 36.4 Å². The summed E-state index contributed by atoms with van der Waals surface area (Å²) in [6.07, 6.45) is -0.178. The summed E-state index contributed by atoms with van der Waals surface area (Å²) in [5.74, 6) is -3.08. The molecule has 0 aliphatic heterocycles. The minimum atomic E-state index is -4.16. The van der Waals surface area contributed by atoms with Gasteiger partial charge in [-0.25, -0.2) is 17.2 Å². The molecule has 0 saturated heterocycles. The fourth-order valence-corrected chi connectivity index (χ4v) is 3.94. The van der Waals surface area contributed by atoms with Gasteiger partial charge < -0.3 is 11.1 Å². The highest BCUT2D eigenvalue weighted by Gasteiger charge is 2.25. The summed E-state index contributed by atoms with van der Waals surface area (Å²) in [6, 6.07) is 7.89. The first kappa shape index (κ1) is 21.5. The summed E-state index contributed by atoms with van der Waals surface area (Å²) in [5, 5.41) is 2.56. The Bertz CT molecular complexity index is 959. The van der Waals surface area contributed by atoms with Crippen molar-refractivity contribution in [3.8, 4) is 0 Å². The lowest BCUT2D eigenvalue weighted by atomic mass is 10.2. The lowest BCUT2D eigenvalue weighted by molar-refractivity contribution is -0.116. The third-order valence-corrected chi connectivity index (χ3v) is 5.82. The average Bonchev–Trinajstić information content (AvgIpc) is 2.61. The third-order valence-electron chi connectivity index (χ3n) is 3.87. The van der Waals surface area contributed by atoms with Gasteiger partial charge in [0.25, 0.3) is 0 Å². The number of amides is 2. The van der Waals surface area contributed by atoms with Gasteiger partial charge in [-0.3, -0.25) is 9.59 Å². The molecule has 28 heavy (non-hydrogen) atoms. The summed E-state index contributed by atoms with van der Waals surface area (Å²) in [5.41, 5.74) is 5.82. The zero-order valence-corrected chi connectivity index (χ0v) is 15.8. The van der Waals surface area contributed by atoms with Crippen LogP contribution in [0.3, 0.4) is 0 Å². The molecule has 0 aromatic heterocycles. The highest BCUT2D eigenvalue weighted by Crippen LogP contribution is 2.19. The van der Waals surface area contributed by atoms with Crippen LogP contribution in [0.1, 0.15) is 23.7 Å². The van der Waals surface area contributed by atoms with Crippen molar-refractivity contribution in [3.05, 3.63) is 59.7 Å². The zero-order valence-electron chi connectivity index (χ0n) is 15.0. The van der Waals surface area contributed by atoms with Crippen molar-refractivity contribution in [1.82, 2.24) is 4.31 Å². The lowest BCUT2D eigenvalue weighted by Gasteiger charge is -2.20. The second-order valence-electron chi connectivity index (χ2n) is 5.84. The number of primary amides is 1. The van der Waals surface area contributed by atoms with E-state index in [1.54, 1.807) is 6.92 Å². The van der Waals surface area contributed by atoms with Crippen molar-refractivity contribution in [1.29, 1.82) is 0 Å². The molecule has 0 fully saturated rings. The Morgan fingerprint density at radius 2 is 1.64 bits per heavy atom. The number of rotatable bonds is 8. The van der Waals surface area contributed by atoms with Crippen LogP contribution in [0.4, 0.5) is 14.5 Å². The normalized spacial score (nSPS) is 11.4. The number of nitrogens with two attached hydrogens (primary N) is 1. The van der Waals surface area contributed by atoms with Crippen LogP contribution in [0, 0.1) is 11.6 Å². The van der Waals surface area contributed by atoms with Crippen LogP contribution in [-0.2, 0) is 14.8 Å². The van der Waals surface area contributed by atoms with E-state index in [2.05, 4.69) is 5.32 Å². The van der Waals surface area contributed by atoms with Crippen molar-refractivity contribution in [2.75, 3.05) is 18.4 Å². The number of halogens is 2. The molecule has 0 spiro atoms. The number of sulfonamides is 1. The Kier molecular flexibility index (Phi) is 6.81. The predicted molar refractivity (Wildman–Crippen MR) is 99.0 cm³/mol. The molecule has 2 amide bonds. The summed E-state index contributed by atoms with van der Waals surface area (Å²) in [4.78, 5) is 22.6. The first-order valence-electron chi connectivity index (χ1n) is 8.29. The van der Waals surface area contributed by atoms with E-state index >= 15 is 0 Å². The van der Waals surface area contributed by atoms with Crippen LogP contribution in [0.25, 0.3) is 0 Å². The molecule has 0 aliphatic carbocycles. The maximum Gasteiger partial charge on any atom is 0.248 e. The Hall–Kier alpha value is -2.85. The van der Waals surface area contributed by atoms with Gasteiger partial charge in [-0.2, -0.15) is 4.31 Å². The highest BCUT2D eigenvalue weighted by atomic mass is 32.2. The quantitative estimate of drug-likeness (QED) is 0.693. The average molecular weight is 411 g/mol. The van der Waals surface area contributed by atoms with Gasteiger partial charge >= 0.3 is 0 Å². The van der Waals surface area contributed by atoms with E-state index in [9.17, 15) is 26.8 Å². The molecule has 0 heterocycles. The van der Waals surface area contributed by atoms with Crippen molar-refractivity contribution in [3.63, 3.8) is 0 Å². The number of nitrogens with one attached hydrogen (secondary N) is 1. The molecular weight excluding hydrogens is 392 g/mol. The fourth-order valence-electron chi connectivity index (χ4n) is 2.44. The van der Waals surface area contributed by atoms with E-state index in [0.29, 0.717) is 11.8 Å². The molecule has 0 atom stereocenters. The molecule has 7 nitrogen and oxygen atoms in total. The summed E-state index contributed by atoms with van der Waals surface area (Å²) >= 11 is 0. The molecule has 0 bridgehead atoms. The van der Waals surface area contributed by atoms with Crippen molar-refractivity contribution >= 4 is 27.5 Å². The molecule has 0 unspecified atom stereocenters. The first-order valence-corrected chi connectivity index (χ1v) is 9.73. The van der Waals surface area contributed by atoms with Crippen molar-refractivity contribution < 1.29 is 26.8 Å². The van der Waals surface area contributed by atoms with Gasteiger partial charge in [-0.15, -0.1) is 0 Å². The lowest BCUT2D eigenvalue weighted by Crippen LogP contribution is -2.33. The second-order valence-corrected chi connectivity index (χ2v) is 7.78. The SMILES string of the molecule is CCN(CCC(=O)Nc1ccc(C(N)=O)cc1)S(=O)(=O)c1cc(F)cc(F)c1. The minimum absolute atomic E-state index is 0.0149. The Balaban J connectivity index is 2.04. The molecule has 150 valence electrons. The number of carbonyl (C=O) groups excluding carboxylic acids is 2. The molecule has 0 aliphatic rings. The number of carbonyl (C=O) groups is 2. The Morgan fingerprint density at radius 1 is 1.07 bits per heavy atom. The number of hydrogen-bond donors (Lipinski definition) is 2. The van der Waals surface area contributed by atoms with Crippen LogP contribution >= 0.6 is 0 Å². The van der Waals surface area contributed by atoms with E-state index < -0.39 is 38.4 Å². The monoisotopic (exact) mass is 411 g/mol. The maximum absolute atomic E-state index is 13.3. The number of benzene rings is 2. The van der Waals surface area contributed by atoms with Crippen LogP contribution < -0.4 is 11.1 Å². The van der Waals surface area contributed by atoms with Gasteiger partial charge in [0.05, 0.1) is 4.90 Å². The van der Waals surface area contributed by atoms with E-state index in [1.807, 2.05) is 0 Å². The molecular formula is C18H19F2N3O4S. The summed E-state index contributed by atoms with van der Waals surface area (Å²) in [7, 11) is -4.16. The predicted octanol–water partition coefficient (Wildman–Crippen LogP) is 2.10. The van der Waals surface area contributed by atoms with Crippen LogP contribution in [0.15, 0.2) is 47.4 Å². The molecule has 0 saturated carbocycles. The largest absolute Gasteiger partial charge is 0.366 e.